The molecule has 11 heteroatoms. The third kappa shape index (κ3) is 6.10. The van der Waals surface area contributed by atoms with Gasteiger partial charge in [-0.25, -0.2) is 4.79 Å². The highest BCUT2D eigenvalue weighted by atomic mass is 35.5. The zero-order valence-corrected chi connectivity index (χ0v) is 21.9. The molecule has 0 saturated heterocycles. The van der Waals surface area contributed by atoms with E-state index >= 15 is 0 Å². The first-order chi connectivity index (χ1) is 18.1. The minimum atomic E-state index is -2.77. The van der Waals surface area contributed by atoms with E-state index in [-0.39, 0.29) is 11.4 Å². The molecule has 1 heterocycles. The molecule has 2 atom stereocenters. The van der Waals surface area contributed by atoms with Gasteiger partial charge in [0.25, 0.3) is 5.91 Å². The van der Waals surface area contributed by atoms with Gasteiger partial charge in [-0.1, -0.05) is 67.0 Å². The number of carboxylic acids is 1. The van der Waals surface area contributed by atoms with E-state index in [0.717, 1.165) is 21.0 Å². The second-order valence-electron chi connectivity index (χ2n) is 8.73. The Morgan fingerprint density at radius 2 is 1.53 bits per heavy atom. The van der Waals surface area contributed by atoms with Gasteiger partial charge in [0.15, 0.2) is 0 Å². The Morgan fingerprint density at radius 3 is 2.05 bits per heavy atom. The smallest absolute Gasteiger partial charge is 0.327 e. The third-order valence-corrected chi connectivity index (χ3v) is 6.78. The van der Waals surface area contributed by atoms with Crippen LogP contribution in [0.3, 0.4) is 0 Å². The Kier molecular flexibility index (Phi) is 8.26. The number of hydrogen-bond acceptors (Lipinski definition) is 6. The van der Waals surface area contributed by atoms with Crippen molar-refractivity contribution in [2.75, 3.05) is 9.62 Å². The van der Waals surface area contributed by atoms with Crippen LogP contribution in [-0.2, 0) is 16.1 Å². The van der Waals surface area contributed by atoms with Crippen molar-refractivity contribution in [3.05, 3.63) is 89.6 Å². The number of benzene rings is 3. The molecule has 2 unspecified atom stereocenters. The number of anilines is 2. The molecule has 0 fully saturated rings. The van der Waals surface area contributed by atoms with E-state index in [1.165, 1.54) is 0 Å². The van der Waals surface area contributed by atoms with Crippen molar-refractivity contribution >= 4 is 46.1 Å². The van der Waals surface area contributed by atoms with Crippen molar-refractivity contribution in [3.63, 3.8) is 0 Å². The van der Waals surface area contributed by atoms with Gasteiger partial charge < -0.3 is 19.5 Å². The van der Waals surface area contributed by atoms with E-state index < -0.39 is 35.1 Å². The van der Waals surface area contributed by atoms with Crippen LogP contribution >= 0.6 is 11.6 Å². The highest BCUT2D eigenvalue weighted by molar-refractivity contribution is 7.80. The second-order valence-corrected chi connectivity index (χ2v) is 10.00. The molecule has 196 valence electrons. The lowest BCUT2D eigenvalue weighted by Gasteiger charge is -2.34. The lowest BCUT2D eigenvalue weighted by Crippen LogP contribution is -2.45. The Balaban J connectivity index is 1.45. The number of halogens is 1. The number of nitrogens with zero attached hydrogens (tertiary/aromatic N) is 2. The molecule has 38 heavy (non-hydrogen) atoms. The summed E-state index contributed by atoms with van der Waals surface area (Å²) in [5, 5.41) is 16.8. The van der Waals surface area contributed by atoms with Crippen molar-refractivity contribution in [1.29, 1.82) is 0 Å². The molecule has 1 aromatic heterocycles. The van der Waals surface area contributed by atoms with Crippen molar-refractivity contribution in [2.24, 2.45) is 5.92 Å². The Morgan fingerprint density at radius 1 is 0.974 bits per heavy atom. The lowest BCUT2D eigenvalue weighted by atomic mass is 10.0. The first-order valence-electron chi connectivity index (χ1n) is 11.5. The van der Waals surface area contributed by atoms with Crippen LogP contribution in [-0.4, -0.2) is 36.9 Å². The van der Waals surface area contributed by atoms with Crippen molar-refractivity contribution in [1.82, 2.24) is 5.16 Å². The van der Waals surface area contributed by atoms with Gasteiger partial charge in [-0.3, -0.25) is 13.3 Å². The van der Waals surface area contributed by atoms with Crippen molar-refractivity contribution in [2.45, 2.75) is 19.9 Å². The maximum Gasteiger partial charge on any atom is 0.327 e. The van der Waals surface area contributed by atoms with E-state index in [9.17, 15) is 23.5 Å². The van der Waals surface area contributed by atoms with Crippen LogP contribution < -0.4 is 9.62 Å². The lowest BCUT2D eigenvalue weighted by molar-refractivity contribution is -0.139. The molecule has 0 spiro atoms. The minimum absolute atomic E-state index is 0.0518. The van der Waals surface area contributed by atoms with Gasteiger partial charge in [-0.15, -0.1) is 0 Å². The standard InChI is InChI=1S/C27H24ClN3O6S/c1-16(2)25(27(33)34)31(38(35)36)22-13-7-18(8-14-22)17-5-11-21(12-6-17)29-26(32)24-15-23(30-37-24)19-3-9-20(28)10-4-19/h3-16,25H,1-2H3,(H,29,32)(H,33,34)(H,35,36)/p-1. The van der Waals surface area contributed by atoms with Gasteiger partial charge in [-0.2, -0.15) is 0 Å². The molecular weight excluding hydrogens is 530 g/mol. The molecule has 3 aromatic carbocycles. The molecule has 0 saturated carbocycles. The maximum atomic E-state index is 12.6. The van der Waals surface area contributed by atoms with Gasteiger partial charge in [-0.05, 0) is 53.4 Å². The molecule has 0 radical (unpaired) electrons. The number of carbonyl (C=O) groups is 2. The number of carboxylic acid groups (broad SMARTS) is 1. The Labute approximate surface area is 226 Å². The van der Waals surface area contributed by atoms with Gasteiger partial charge in [0.05, 0.1) is 0 Å². The van der Waals surface area contributed by atoms with Crippen LogP contribution in [0.25, 0.3) is 22.4 Å². The molecule has 1 amide bonds. The summed E-state index contributed by atoms with van der Waals surface area (Å²) in [6.07, 6.45) is 0. The molecule has 4 rings (SSSR count). The third-order valence-electron chi connectivity index (χ3n) is 5.77. The van der Waals surface area contributed by atoms with Gasteiger partial charge in [0.1, 0.15) is 11.7 Å². The summed E-state index contributed by atoms with van der Waals surface area (Å²) in [5.74, 6) is -2.07. The summed E-state index contributed by atoms with van der Waals surface area (Å²) < 4.78 is 29.7. The zero-order valence-electron chi connectivity index (χ0n) is 20.3. The van der Waals surface area contributed by atoms with Crippen molar-refractivity contribution in [3.8, 4) is 22.4 Å². The fraction of sp³-hybridized carbons (Fsp3) is 0.148. The average molecular weight is 553 g/mol. The number of aromatic nitrogens is 1. The highest BCUT2D eigenvalue weighted by Crippen LogP contribution is 2.28. The van der Waals surface area contributed by atoms with Crippen LogP contribution in [0.1, 0.15) is 24.4 Å². The number of amides is 1. The predicted molar refractivity (Wildman–Crippen MR) is 144 cm³/mol. The molecule has 2 N–H and O–H groups in total. The van der Waals surface area contributed by atoms with E-state index in [1.807, 2.05) is 0 Å². The quantitative estimate of drug-likeness (QED) is 0.257. The largest absolute Gasteiger partial charge is 0.755 e. The number of rotatable bonds is 9. The molecule has 4 aromatic rings. The zero-order chi connectivity index (χ0) is 27.4. The number of aliphatic carboxylic acids is 1. The van der Waals surface area contributed by atoms with Crippen LogP contribution in [0.2, 0.25) is 5.02 Å². The van der Waals surface area contributed by atoms with E-state index in [0.29, 0.717) is 16.4 Å². The normalized spacial score (nSPS) is 12.7. The first-order valence-corrected chi connectivity index (χ1v) is 12.9. The number of nitrogens with one attached hydrogen (secondary N) is 1. The van der Waals surface area contributed by atoms with Gasteiger partial charge in [0.2, 0.25) is 5.76 Å². The van der Waals surface area contributed by atoms with Crippen LogP contribution in [0.4, 0.5) is 11.4 Å². The monoisotopic (exact) mass is 552 g/mol. The topological polar surface area (TPSA) is 136 Å². The molecule has 0 aliphatic rings. The minimum Gasteiger partial charge on any atom is -0.755 e. The number of carbonyl (C=O) groups excluding carboxylic acids is 1. The van der Waals surface area contributed by atoms with Crippen LogP contribution in [0.5, 0.6) is 0 Å². The van der Waals surface area contributed by atoms with Crippen molar-refractivity contribution < 1.29 is 28.0 Å². The summed E-state index contributed by atoms with van der Waals surface area (Å²) >= 11 is 3.14. The van der Waals surface area contributed by atoms with Crippen LogP contribution in [0.15, 0.2) is 83.4 Å². The van der Waals surface area contributed by atoms with Crippen LogP contribution in [0, 0.1) is 5.92 Å². The molecule has 9 nitrogen and oxygen atoms in total. The fourth-order valence-electron chi connectivity index (χ4n) is 3.87. The average Bonchev–Trinajstić information content (AvgIpc) is 3.38. The molecule has 0 bridgehead atoms. The summed E-state index contributed by atoms with van der Waals surface area (Å²) in [6, 6.07) is 20.9. The van der Waals surface area contributed by atoms with Gasteiger partial charge in [0, 0.05) is 39.3 Å². The molecule has 0 aliphatic heterocycles. The SMILES string of the molecule is CC(C)C(C(=O)O)N(c1ccc(-c2ccc(NC(=O)c3cc(-c4ccc(Cl)cc4)no3)cc2)cc1)S(=O)[O-]. The summed E-state index contributed by atoms with van der Waals surface area (Å²) in [7, 11) is 0. The predicted octanol–water partition coefficient (Wildman–Crippen LogP) is 5.62. The van der Waals surface area contributed by atoms with E-state index in [1.54, 1.807) is 92.7 Å². The molecule has 0 aliphatic carbocycles. The Bertz CT molecular complexity index is 1450. The van der Waals surface area contributed by atoms with Gasteiger partial charge >= 0.3 is 5.97 Å². The molecular formula is C27H23ClN3O6S-. The summed E-state index contributed by atoms with van der Waals surface area (Å²) in [6.45, 7) is 3.29. The summed E-state index contributed by atoms with van der Waals surface area (Å²) in [4.78, 5) is 24.3. The van der Waals surface area contributed by atoms with E-state index in [2.05, 4.69) is 10.5 Å². The first kappa shape index (κ1) is 27.1. The number of hydrogen-bond donors (Lipinski definition) is 2. The highest BCUT2D eigenvalue weighted by Gasteiger charge is 2.30. The fourth-order valence-corrected chi connectivity index (χ4v) is 4.81. The Hall–Kier alpha value is -3.99. The second kappa shape index (κ2) is 11.6. The summed E-state index contributed by atoms with van der Waals surface area (Å²) in [5.41, 5.74) is 3.65. The van der Waals surface area contributed by atoms with E-state index in [4.69, 9.17) is 16.1 Å². The maximum absolute atomic E-state index is 12.6.